The minimum atomic E-state index is -0.422. The van der Waals surface area contributed by atoms with Gasteiger partial charge in [0.1, 0.15) is 0 Å². The number of hydrogen-bond donors (Lipinski definition) is 1. The van der Waals surface area contributed by atoms with Crippen molar-refractivity contribution in [1.29, 1.82) is 0 Å². The van der Waals surface area contributed by atoms with Gasteiger partial charge in [0.15, 0.2) is 0 Å². The summed E-state index contributed by atoms with van der Waals surface area (Å²) in [6.07, 6.45) is 7.64. The van der Waals surface area contributed by atoms with Crippen LogP contribution in [0.2, 0.25) is 0 Å². The molecule has 0 fully saturated rings. The Bertz CT molecular complexity index is 1030. The fraction of sp³-hybridized carbons (Fsp3) is 0.417. The summed E-state index contributed by atoms with van der Waals surface area (Å²) in [5.74, 6) is -0.422. The van der Waals surface area contributed by atoms with Crippen LogP contribution >= 0.6 is 0 Å². The van der Waals surface area contributed by atoms with Crippen molar-refractivity contribution in [2.75, 3.05) is 5.73 Å². The number of unbranched alkanes of at least 4 members (excludes halogenated alkanes) is 5. The van der Waals surface area contributed by atoms with Gasteiger partial charge in [0, 0.05) is 41.0 Å². The van der Waals surface area contributed by atoms with Crippen LogP contribution in [0, 0.1) is 0 Å². The van der Waals surface area contributed by atoms with Crippen molar-refractivity contribution in [2.45, 2.75) is 65.8 Å². The Labute approximate surface area is 172 Å². The Morgan fingerprint density at radius 3 is 2.34 bits per heavy atom. The number of hydrogen-bond acceptors (Lipinski definition) is 4. The van der Waals surface area contributed by atoms with E-state index in [1.807, 2.05) is 25.1 Å². The van der Waals surface area contributed by atoms with Gasteiger partial charge >= 0.3 is 5.97 Å². The largest absolute Gasteiger partial charge is 0.399 e. The number of nitrogens with two attached hydrogens (primary N) is 1. The molecule has 154 valence electrons. The fourth-order valence-electron chi connectivity index (χ4n) is 3.82. The molecule has 3 rings (SSSR count). The number of oxime groups is 1. The van der Waals surface area contributed by atoms with E-state index in [0.29, 0.717) is 5.71 Å². The zero-order valence-corrected chi connectivity index (χ0v) is 17.7. The van der Waals surface area contributed by atoms with Gasteiger partial charge in [-0.25, -0.2) is 4.79 Å². The van der Waals surface area contributed by atoms with Crippen molar-refractivity contribution in [1.82, 2.24) is 4.57 Å². The van der Waals surface area contributed by atoms with Crippen LogP contribution in [0.1, 0.15) is 64.9 Å². The van der Waals surface area contributed by atoms with Gasteiger partial charge in [-0.3, -0.25) is 0 Å². The molecule has 0 radical (unpaired) electrons. The second-order valence-corrected chi connectivity index (χ2v) is 7.69. The number of rotatable bonds is 9. The van der Waals surface area contributed by atoms with Crippen molar-refractivity contribution in [3.8, 4) is 0 Å². The highest BCUT2D eigenvalue weighted by Gasteiger charge is 2.12. The molecule has 0 saturated carbocycles. The van der Waals surface area contributed by atoms with E-state index in [1.54, 1.807) is 0 Å². The molecule has 0 bridgehead atoms. The van der Waals surface area contributed by atoms with Crippen molar-refractivity contribution >= 4 is 39.2 Å². The summed E-state index contributed by atoms with van der Waals surface area (Å²) in [6, 6.07) is 12.4. The molecule has 2 aromatic carbocycles. The van der Waals surface area contributed by atoms with Crippen molar-refractivity contribution in [3.05, 3.63) is 42.0 Å². The average Bonchev–Trinajstić information content (AvgIpc) is 3.01. The first kappa shape index (κ1) is 20.9. The highest BCUT2D eigenvalue weighted by Crippen LogP contribution is 2.32. The Kier molecular flexibility index (Phi) is 6.91. The van der Waals surface area contributed by atoms with Crippen molar-refractivity contribution in [2.24, 2.45) is 5.16 Å². The highest BCUT2D eigenvalue weighted by molar-refractivity contribution is 6.12. The van der Waals surface area contributed by atoms with Gasteiger partial charge in [-0.15, -0.1) is 0 Å². The molecule has 0 saturated heterocycles. The molecule has 0 spiro atoms. The molecule has 0 aliphatic rings. The number of nitrogens with zero attached hydrogens (tertiary/aromatic N) is 2. The molecule has 0 aliphatic heterocycles. The zero-order valence-electron chi connectivity index (χ0n) is 17.7. The van der Waals surface area contributed by atoms with E-state index in [9.17, 15) is 4.79 Å². The number of fused-ring (bicyclic) bond motifs is 3. The lowest BCUT2D eigenvalue weighted by atomic mass is 10.1. The van der Waals surface area contributed by atoms with E-state index >= 15 is 0 Å². The zero-order chi connectivity index (χ0) is 20.8. The third-order valence-corrected chi connectivity index (χ3v) is 5.35. The molecule has 29 heavy (non-hydrogen) atoms. The Balaban J connectivity index is 1.94. The molecular weight excluding hydrogens is 362 g/mol. The van der Waals surface area contributed by atoms with E-state index in [4.69, 9.17) is 10.6 Å². The van der Waals surface area contributed by atoms with Gasteiger partial charge in [-0.1, -0.05) is 50.2 Å². The summed E-state index contributed by atoms with van der Waals surface area (Å²) < 4.78 is 2.40. The summed E-state index contributed by atoms with van der Waals surface area (Å²) in [4.78, 5) is 15.8. The smallest absolute Gasteiger partial charge is 0.331 e. The number of benzene rings is 2. The maximum atomic E-state index is 11.0. The number of carbonyl (C=O) groups excluding carboxylic acids is 1. The van der Waals surface area contributed by atoms with Gasteiger partial charge in [0.05, 0.1) is 5.71 Å². The highest BCUT2D eigenvalue weighted by atomic mass is 16.7. The summed E-state index contributed by atoms with van der Waals surface area (Å²) in [5.41, 5.74) is 10.8. The van der Waals surface area contributed by atoms with Gasteiger partial charge in [0.2, 0.25) is 0 Å². The lowest BCUT2D eigenvalue weighted by Gasteiger charge is -2.08. The van der Waals surface area contributed by atoms with Crippen LogP contribution in [0.5, 0.6) is 0 Å². The molecule has 0 unspecified atom stereocenters. The molecular formula is C24H31N3O2. The first-order valence-corrected chi connectivity index (χ1v) is 10.5. The third kappa shape index (κ3) is 4.97. The molecule has 0 atom stereocenters. The van der Waals surface area contributed by atoms with Gasteiger partial charge < -0.3 is 15.1 Å². The van der Waals surface area contributed by atoms with Crippen LogP contribution in [-0.2, 0) is 16.2 Å². The van der Waals surface area contributed by atoms with Crippen LogP contribution in [0.3, 0.4) is 0 Å². The van der Waals surface area contributed by atoms with Crippen LogP contribution in [0.25, 0.3) is 21.8 Å². The summed E-state index contributed by atoms with van der Waals surface area (Å²) in [5, 5.41) is 6.22. The number of aryl methyl sites for hydroxylation is 1. The molecule has 5 heteroatoms. The molecule has 3 aromatic rings. The van der Waals surface area contributed by atoms with Crippen LogP contribution < -0.4 is 5.73 Å². The predicted octanol–water partition coefficient (Wildman–Crippen LogP) is 6.02. The molecule has 5 nitrogen and oxygen atoms in total. The van der Waals surface area contributed by atoms with E-state index in [-0.39, 0.29) is 0 Å². The number of nitrogen functional groups attached to an aromatic ring is 1. The maximum Gasteiger partial charge on any atom is 0.331 e. The Hall–Kier alpha value is -2.82. The monoisotopic (exact) mass is 393 g/mol. The minimum absolute atomic E-state index is 0.422. The summed E-state index contributed by atoms with van der Waals surface area (Å²) in [6.45, 7) is 6.43. The maximum absolute atomic E-state index is 11.0. The predicted molar refractivity (Wildman–Crippen MR) is 121 cm³/mol. The van der Waals surface area contributed by atoms with E-state index < -0.39 is 5.97 Å². The van der Waals surface area contributed by atoms with E-state index in [0.717, 1.165) is 28.6 Å². The van der Waals surface area contributed by atoms with E-state index in [1.165, 1.54) is 56.5 Å². The summed E-state index contributed by atoms with van der Waals surface area (Å²) >= 11 is 0. The molecule has 2 N–H and O–H groups in total. The van der Waals surface area contributed by atoms with Gasteiger partial charge in [-0.2, -0.15) is 0 Å². The topological polar surface area (TPSA) is 69.6 Å². The first-order chi connectivity index (χ1) is 14.0. The van der Waals surface area contributed by atoms with Crippen LogP contribution in [-0.4, -0.2) is 16.2 Å². The molecule has 1 heterocycles. The fourth-order valence-corrected chi connectivity index (χ4v) is 3.82. The molecule has 0 aliphatic carbocycles. The van der Waals surface area contributed by atoms with Crippen LogP contribution in [0.15, 0.2) is 41.6 Å². The van der Waals surface area contributed by atoms with Crippen molar-refractivity contribution < 1.29 is 9.63 Å². The molecule has 1 aromatic heterocycles. The lowest BCUT2D eigenvalue weighted by Crippen LogP contribution is -2.00. The van der Waals surface area contributed by atoms with E-state index in [2.05, 4.69) is 34.8 Å². The van der Waals surface area contributed by atoms with Crippen molar-refractivity contribution in [3.63, 3.8) is 0 Å². The standard InChI is InChI=1S/C24H31N3O2/c1-4-5-6-7-8-9-14-27-23-12-10-19(17(2)26-29-18(3)28)15-21(23)22-16-20(25)11-13-24(22)27/h10-13,15-16H,4-9,14,25H2,1-3H3/b26-17+. The minimum Gasteiger partial charge on any atom is -0.399 e. The SMILES string of the molecule is CCCCCCCCn1c2ccc(N)cc2c2cc(/C(C)=N/OC(C)=O)ccc21. The number of aromatic nitrogens is 1. The Morgan fingerprint density at radius 1 is 0.966 bits per heavy atom. The number of anilines is 1. The third-order valence-electron chi connectivity index (χ3n) is 5.35. The van der Waals surface area contributed by atoms with Crippen LogP contribution in [0.4, 0.5) is 5.69 Å². The second-order valence-electron chi connectivity index (χ2n) is 7.69. The summed E-state index contributed by atoms with van der Waals surface area (Å²) in [7, 11) is 0. The average molecular weight is 394 g/mol. The number of carbonyl (C=O) groups is 1. The Morgan fingerprint density at radius 2 is 1.62 bits per heavy atom. The molecule has 0 amide bonds. The normalized spacial score (nSPS) is 12.0. The quantitative estimate of drug-likeness (QED) is 0.159. The second kappa shape index (κ2) is 9.59. The van der Waals surface area contributed by atoms with Gasteiger partial charge in [-0.05, 0) is 49.2 Å². The first-order valence-electron chi connectivity index (χ1n) is 10.5. The van der Waals surface area contributed by atoms with Gasteiger partial charge in [0.25, 0.3) is 0 Å². The lowest BCUT2D eigenvalue weighted by molar-refractivity contribution is -0.140.